The molecule has 0 radical (unpaired) electrons. The van der Waals surface area contributed by atoms with E-state index in [1.807, 2.05) is 0 Å². The molecule has 5 heteroatoms. The molecule has 2 aliphatic rings. The fourth-order valence-corrected chi connectivity index (χ4v) is 20.6. The summed E-state index contributed by atoms with van der Waals surface area (Å²) in [4.78, 5) is 6.25. The van der Waals surface area contributed by atoms with Crippen LogP contribution in [0.2, 0.25) is 0 Å². The molecule has 512 valence electrons. The van der Waals surface area contributed by atoms with Gasteiger partial charge >= 0.3 is 0 Å². The van der Waals surface area contributed by atoms with E-state index in [0.717, 1.165) is 11.0 Å². The number of hydrogen-bond donors (Lipinski definition) is 0. The van der Waals surface area contributed by atoms with Crippen LogP contribution in [0.25, 0.3) is 42.4 Å². The van der Waals surface area contributed by atoms with E-state index in [4.69, 9.17) is 8.75 Å². The summed E-state index contributed by atoms with van der Waals surface area (Å²) in [6.07, 6.45) is 78.6. The van der Waals surface area contributed by atoms with Gasteiger partial charge in [0.2, 0.25) is 0 Å². The molecule has 0 amide bonds. The zero-order valence-corrected chi connectivity index (χ0v) is 63.5. The first-order valence-electron chi connectivity index (χ1n) is 40.4. The maximum Gasteiger partial charge on any atom is 0.113 e. The molecule has 2 aliphatic carbocycles. The second-order valence-corrected chi connectivity index (χ2v) is 33.1. The molecule has 0 N–H and O–H groups in total. The predicted molar refractivity (Wildman–Crippen MR) is 411 cm³/mol. The molecule has 2 nitrogen and oxygen atoms in total. The van der Waals surface area contributed by atoms with Crippen molar-refractivity contribution in [2.45, 2.75) is 426 Å². The SMILES string of the molecule is CCCCCCCCCCCCCCCC1(CCCCCCCCCCCCCCC)c2cc(C)sc2-c2c(C)c3c(c(C)c21)-c1sc(-c2ccc(C)c4nsnc24)cc1C3(CCCCCCCCCCCCCCC)CCCCCCCCCCCCCCC. The Bertz CT molecular complexity index is 2670. The van der Waals surface area contributed by atoms with Gasteiger partial charge in [0.25, 0.3) is 0 Å². The third-order valence-corrected chi connectivity index (χ3v) is 25.5. The Morgan fingerprint density at radius 1 is 0.308 bits per heavy atom. The molecule has 0 unspecified atom stereocenters. The highest BCUT2D eigenvalue weighted by atomic mass is 32.1. The summed E-state index contributed by atoms with van der Waals surface area (Å²) in [6, 6.07) is 10.2. The quantitative estimate of drug-likeness (QED) is 0.0363. The average molecular weight is 1300 g/mol. The van der Waals surface area contributed by atoms with E-state index in [9.17, 15) is 0 Å². The lowest BCUT2D eigenvalue weighted by molar-refractivity contribution is 0.392. The maximum absolute atomic E-state index is 5.06. The van der Waals surface area contributed by atoms with Gasteiger partial charge in [-0.1, -0.05) is 374 Å². The van der Waals surface area contributed by atoms with Crippen molar-refractivity contribution < 1.29 is 0 Å². The summed E-state index contributed by atoms with van der Waals surface area (Å²) in [5.41, 5.74) is 18.6. The van der Waals surface area contributed by atoms with E-state index >= 15 is 0 Å². The number of hydrogen-bond acceptors (Lipinski definition) is 5. The summed E-state index contributed by atoms with van der Waals surface area (Å²) in [7, 11) is 0. The molecule has 0 aliphatic heterocycles. The van der Waals surface area contributed by atoms with Crippen LogP contribution in [-0.2, 0) is 10.8 Å². The van der Waals surface area contributed by atoms with E-state index in [1.54, 1.807) is 54.3 Å². The van der Waals surface area contributed by atoms with Gasteiger partial charge in [-0.15, -0.1) is 22.7 Å². The number of aromatic nitrogens is 2. The largest absolute Gasteiger partial charge is 0.173 e. The first-order chi connectivity index (χ1) is 44.8. The monoisotopic (exact) mass is 1300 g/mol. The third-order valence-electron chi connectivity index (χ3n) is 22.7. The predicted octanol–water partition coefficient (Wildman–Crippen LogP) is 31.2. The summed E-state index contributed by atoms with van der Waals surface area (Å²) >= 11 is 5.71. The standard InChI is InChI=1S/C86H140N2S3/c1-9-13-17-21-25-29-33-37-41-45-49-53-57-63-85(64-58-54-50-46-42-38-34-30-26-22-18-14-10-2)74-67-70(6)89-83(74)77-71(7)80-78(72(8)79(77)85)84-75(68-76(90-84)73-62-61-69(5)81-82(73)88-91-87-81)86(80,65-59-55-51-47-43-39-35-31-27-23-19-15-11-3)66-60-56-52-48-44-40-36-32-28-24-20-16-12-4/h61-62,67-68H,9-60,63-66H2,1-8H3. The van der Waals surface area contributed by atoms with Crippen LogP contribution in [0.3, 0.4) is 0 Å². The van der Waals surface area contributed by atoms with Crippen molar-refractivity contribution in [2.75, 3.05) is 0 Å². The highest BCUT2D eigenvalue weighted by molar-refractivity contribution is 7.19. The molecular weight excluding hydrogens is 1160 g/mol. The number of aryl methyl sites for hydroxylation is 2. The normalized spacial score (nSPS) is 13.7. The number of thiophene rings is 2. The van der Waals surface area contributed by atoms with Crippen molar-refractivity contribution in [3.8, 4) is 31.3 Å². The fourth-order valence-electron chi connectivity index (χ4n) is 17.4. The van der Waals surface area contributed by atoms with Crippen molar-refractivity contribution in [3.05, 3.63) is 68.1 Å². The lowest BCUT2D eigenvalue weighted by Crippen LogP contribution is -2.29. The molecule has 3 heterocycles. The van der Waals surface area contributed by atoms with Crippen molar-refractivity contribution >= 4 is 45.4 Å². The minimum absolute atomic E-state index is 0.0187. The van der Waals surface area contributed by atoms with Gasteiger partial charge in [0, 0.05) is 35.9 Å². The lowest BCUT2D eigenvalue weighted by Gasteiger charge is -2.37. The van der Waals surface area contributed by atoms with Crippen LogP contribution in [0.1, 0.15) is 431 Å². The number of rotatable bonds is 57. The Labute approximate surface area is 575 Å². The van der Waals surface area contributed by atoms with Crippen LogP contribution < -0.4 is 0 Å². The van der Waals surface area contributed by atoms with E-state index in [1.165, 1.54) is 392 Å². The molecule has 0 saturated heterocycles. The van der Waals surface area contributed by atoms with E-state index < -0.39 is 0 Å². The van der Waals surface area contributed by atoms with Crippen LogP contribution >= 0.6 is 34.4 Å². The van der Waals surface area contributed by atoms with Gasteiger partial charge in [-0.3, -0.25) is 0 Å². The van der Waals surface area contributed by atoms with Crippen LogP contribution in [0.15, 0.2) is 24.3 Å². The molecule has 7 rings (SSSR count). The summed E-state index contributed by atoms with van der Waals surface area (Å²) in [5, 5.41) is 0. The summed E-state index contributed by atoms with van der Waals surface area (Å²) in [5.74, 6) is 0. The van der Waals surface area contributed by atoms with Crippen molar-refractivity contribution in [1.29, 1.82) is 0 Å². The molecule has 91 heavy (non-hydrogen) atoms. The minimum Gasteiger partial charge on any atom is -0.173 e. The third kappa shape index (κ3) is 22.6. The summed E-state index contributed by atoms with van der Waals surface area (Å²) in [6.45, 7) is 19.4. The zero-order chi connectivity index (χ0) is 64.2. The van der Waals surface area contributed by atoms with Gasteiger partial charge < -0.3 is 0 Å². The zero-order valence-electron chi connectivity index (χ0n) is 61.0. The molecule has 0 fully saturated rings. The Balaban J connectivity index is 1.19. The number of unbranched alkanes of at least 4 members (excludes halogenated alkanes) is 48. The molecule has 0 saturated carbocycles. The Hall–Kier alpha value is -2.34. The molecule has 3 aromatic heterocycles. The van der Waals surface area contributed by atoms with Crippen LogP contribution in [0.5, 0.6) is 0 Å². The van der Waals surface area contributed by atoms with Gasteiger partial charge in [0.1, 0.15) is 11.0 Å². The molecule has 0 atom stereocenters. The molecule has 0 bridgehead atoms. The lowest BCUT2D eigenvalue weighted by atomic mass is 9.66. The maximum atomic E-state index is 5.06. The highest BCUT2D eigenvalue weighted by Gasteiger charge is 2.52. The Morgan fingerprint density at radius 2 is 0.582 bits per heavy atom. The minimum atomic E-state index is 0.0187. The van der Waals surface area contributed by atoms with Crippen LogP contribution in [0.4, 0.5) is 0 Å². The second kappa shape index (κ2) is 43.8. The Kier molecular flexibility index (Phi) is 36.6. The number of benzene rings is 2. The highest BCUT2D eigenvalue weighted by Crippen LogP contribution is 2.67. The average Bonchev–Trinajstić information content (AvgIpc) is 1.51. The van der Waals surface area contributed by atoms with Gasteiger partial charge in [-0.2, -0.15) is 8.75 Å². The van der Waals surface area contributed by atoms with Gasteiger partial charge in [-0.25, -0.2) is 0 Å². The van der Waals surface area contributed by atoms with E-state index in [2.05, 4.69) is 102 Å². The fraction of sp³-hybridized carbons (Fsp3) is 0.767. The first kappa shape index (κ1) is 76.0. The van der Waals surface area contributed by atoms with Crippen molar-refractivity contribution in [1.82, 2.24) is 8.75 Å². The summed E-state index contributed by atoms with van der Waals surface area (Å²) < 4.78 is 9.96. The smallest absolute Gasteiger partial charge is 0.113 e. The number of nitrogens with zero attached hydrogens (tertiary/aromatic N) is 2. The number of fused-ring (bicyclic) bond motifs is 7. The molecule has 5 aromatic rings. The Morgan fingerprint density at radius 3 is 0.901 bits per heavy atom. The molecule has 0 spiro atoms. The van der Waals surface area contributed by atoms with Gasteiger partial charge in [0.05, 0.1) is 11.7 Å². The first-order valence-corrected chi connectivity index (χ1v) is 42.8. The van der Waals surface area contributed by atoms with Crippen LogP contribution in [-0.4, -0.2) is 8.75 Å². The van der Waals surface area contributed by atoms with E-state index in [-0.39, 0.29) is 10.8 Å². The second-order valence-electron chi connectivity index (χ2n) is 30.2. The van der Waals surface area contributed by atoms with Crippen molar-refractivity contribution in [3.63, 3.8) is 0 Å². The molecule has 2 aromatic carbocycles. The van der Waals surface area contributed by atoms with Gasteiger partial charge in [0.15, 0.2) is 0 Å². The molecular formula is C86H140N2S3. The van der Waals surface area contributed by atoms with E-state index in [0.29, 0.717) is 0 Å². The van der Waals surface area contributed by atoms with Gasteiger partial charge in [-0.05, 0) is 116 Å². The van der Waals surface area contributed by atoms with Crippen LogP contribution in [0, 0.1) is 27.7 Å². The topological polar surface area (TPSA) is 25.8 Å². The van der Waals surface area contributed by atoms with Crippen molar-refractivity contribution in [2.24, 2.45) is 0 Å².